The molecule has 128 valence electrons. The number of pyridine rings is 2. The first-order valence-corrected chi connectivity index (χ1v) is 10.3. The average Bonchev–Trinajstić information content (AvgIpc) is 2.99. The van der Waals surface area contributed by atoms with Crippen LogP contribution < -0.4 is 4.90 Å². The normalized spacial score (nSPS) is 23.6. The summed E-state index contributed by atoms with van der Waals surface area (Å²) < 4.78 is 21.7. The molecule has 2 aromatic rings. The van der Waals surface area contributed by atoms with E-state index in [2.05, 4.69) is 20.9 Å². The van der Waals surface area contributed by atoms with Gasteiger partial charge in [-0.25, -0.2) is 13.3 Å². The van der Waals surface area contributed by atoms with Crippen molar-refractivity contribution in [1.29, 1.82) is 4.78 Å². The van der Waals surface area contributed by atoms with Crippen LogP contribution in [0.2, 0.25) is 0 Å². The Kier molecular flexibility index (Phi) is 3.73. The van der Waals surface area contributed by atoms with E-state index in [0.717, 1.165) is 56.3 Å². The fourth-order valence-electron chi connectivity index (χ4n) is 4.08. The van der Waals surface area contributed by atoms with Crippen LogP contribution in [0.1, 0.15) is 19.3 Å². The van der Waals surface area contributed by atoms with Gasteiger partial charge in [-0.3, -0.25) is 9.97 Å². The molecule has 2 saturated heterocycles. The van der Waals surface area contributed by atoms with Crippen LogP contribution in [0.15, 0.2) is 30.7 Å². The number of anilines is 1. The Morgan fingerprint density at radius 3 is 2.62 bits per heavy atom. The summed E-state index contributed by atoms with van der Waals surface area (Å²) in [5, 5.41) is 1.15. The van der Waals surface area contributed by atoms with Crippen LogP contribution in [0.25, 0.3) is 10.9 Å². The molecule has 0 saturated carbocycles. The van der Waals surface area contributed by atoms with E-state index >= 15 is 0 Å². The Hall–Kier alpha value is -1.73. The van der Waals surface area contributed by atoms with E-state index in [1.165, 1.54) is 11.9 Å². The summed E-state index contributed by atoms with van der Waals surface area (Å²) in [7, 11) is -2.57. The molecule has 1 spiro atoms. The highest BCUT2D eigenvalue weighted by molar-refractivity contribution is 7.89. The Bertz CT molecular complexity index is 853. The minimum atomic E-state index is -2.57. The fourth-order valence-corrected chi connectivity index (χ4v) is 5.04. The lowest BCUT2D eigenvalue weighted by molar-refractivity contribution is 0.236. The second-order valence-electron chi connectivity index (χ2n) is 7.13. The van der Waals surface area contributed by atoms with Crippen LogP contribution >= 0.6 is 0 Å². The van der Waals surface area contributed by atoms with Crippen molar-refractivity contribution in [2.24, 2.45) is 5.41 Å². The molecule has 2 aliphatic heterocycles. The lowest BCUT2D eigenvalue weighted by Crippen LogP contribution is -2.42. The van der Waals surface area contributed by atoms with Crippen molar-refractivity contribution in [1.82, 2.24) is 14.3 Å². The molecule has 2 fully saturated rings. The minimum absolute atomic E-state index is 0.237. The third-order valence-corrected chi connectivity index (χ3v) is 6.88. The number of piperidine rings is 1. The van der Waals surface area contributed by atoms with Crippen LogP contribution in [0, 0.1) is 10.2 Å². The number of aromatic nitrogens is 2. The van der Waals surface area contributed by atoms with Crippen molar-refractivity contribution in [3.05, 3.63) is 30.7 Å². The molecule has 24 heavy (non-hydrogen) atoms. The summed E-state index contributed by atoms with van der Waals surface area (Å²) in [5.41, 5.74) is 2.40. The van der Waals surface area contributed by atoms with E-state index in [9.17, 15) is 4.21 Å². The highest BCUT2D eigenvalue weighted by Gasteiger charge is 2.42. The summed E-state index contributed by atoms with van der Waals surface area (Å²) in [6.45, 7) is 3.60. The zero-order chi connectivity index (χ0) is 16.8. The van der Waals surface area contributed by atoms with Gasteiger partial charge >= 0.3 is 0 Å². The molecule has 1 atom stereocenters. The average molecular weight is 345 g/mol. The first-order chi connectivity index (χ1) is 11.5. The van der Waals surface area contributed by atoms with Crippen molar-refractivity contribution in [2.75, 3.05) is 37.3 Å². The second-order valence-corrected chi connectivity index (χ2v) is 9.25. The van der Waals surface area contributed by atoms with Crippen molar-refractivity contribution >= 4 is 26.5 Å². The summed E-state index contributed by atoms with van der Waals surface area (Å²) in [6, 6.07) is 4.12. The maximum absolute atomic E-state index is 12.0. The fraction of sp³-hybridized carbons (Fsp3) is 0.529. The summed E-state index contributed by atoms with van der Waals surface area (Å²) in [6.07, 6.45) is 10.3. The first-order valence-electron chi connectivity index (χ1n) is 8.40. The summed E-state index contributed by atoms with van der Waals surface area (Å²) in [4.78, 5) is 11.0. The molecule has 1 unspecified atom stereocenters. The first kappa shape index (κ1) is 15.8. The number of fused-ring (bicyclic) bond motifs is 1. The van der Waals surface area contributed by atoms with E-state index in [1.54, 1.807) is 0 Å². The van der Waals surface area contributed by atoms with Crippen LogP contribution in [0.4, 0.5) is 5.69 Å². The monoisotopic (exact) mass is 345 g/mol. The van der Waals surface area contributed by atoms with Gasteiger partial charge in [0, 0.05) is 55.9 Å². The molecular formula is C17H23N5OS. The molecule has 0 radical (unpaired) electrons. The lowest BCUT2D eigenvalue weighted by atomic mass is 9.77. The Morgan fingerprint density at radius 1 is 1.17 bits per heavy atom. The van der Waals surface area contributed by atoms with Gasteiger partial charge < -0.3 is 4.90 Å². The molecule has 4 rings (SSSR count). The third-order valence-electron chi connectivity index (χ3n) is 5.58. The van der Waals surface area contributed by atoms with E-state index in [0.29, 0.717) is 0 Å². The third kappa shape index (κ3) is 2.75. The molecule has 0 amide bonds. The number of nitrogens with zero attached hydrogens (tertiary/aromatic N) is 4. The molecule has 6 nitrogen and oxygen atoms in total. The number of hydrogen-bond acceptors (Lipinski definition) is 5. The number of rotatable bonds is 2. The molecule has 4 heterocycles. The predicted octanol–water partition coefficient (Wildman–Crippen LogP) is 2.51. The van der Waals surface area contributed by atoms with Gasteiger partial charge in [0.25, 0.3) is 0 Å². The molecule has 0 bridgehead atoms. The molecule has 2 aliphatic rings. The van der Waals surface area contributed by atoms with Gasteiger partial charge in [-0.1, -0.05) is 0 Å². The molecule has 1 N–H and O–H groups in total. The maximum Gasteiger partial charge on any atom is 0.104 e. The van der Waals surface area contributed by atoms with Gasteiger partial charge in [0.05, 0.1) is 11.7 Å². The molecule has 2 aromatic heterocycles. The molecule has 0 aromatic carbocycles. The van der Waals surface area contributed by atoms with Gasteiger partial charge in [0.1, 0.15) is 9.92 Å². The number of nitrogens with one attached hydrogen (secondary N) is 1. The van der Waals surface area contributed by atoms with Crippen LogP contribution in [0.5, 0.6) is 0 Å². The van der Waals surface area contributed by atoms with Gasteiger partial charge in [-0.05, 0) is 36.8 Å². The van der Waals surface area contributed by atoms with Crippen molar-refractivity contribution in [3.8, 4) is 0 Å². The van der Waals surface area contributed by atoms with Crippen LogP contribution in [-0.2, 0) is 9.92 Å². The zero-order valence-electron chi connectivity index (χ0n) is 13.9. The van der Waals surface area contributed by atoms with E-state index < -0.39 is 9.92 Å². The van der Waals surface area contributed by atoms with Gasteiger partial charge in [0.15, 0.2) is 0 Å². The highest BCUT2D eigenvalue weighted by Crippen LogP contribution is 2.42. The number of hydrogen-bond donors (Lipinski definition) is 1. The van der Waals surface area contributed by atoms with Gasteiger partial charge in [-0.15, -0.1) is 0 Å². The Balaban J connectivity index is 1.52. The van der Waals surface area contributed by atoms with Gasteiger partial charge in [-0.2, -0.15) is 0 Å². The van der Waals surface area contributed by atoms with Gasteiger partial charge in [0.2, 0.25) is 0 Å². The smallest absolute Gasteiger partial charge is 0.104 e. The lowest BCUT2D eigenvalue weighted by Gasteiger charge is -2.40. The Labute approximate surface area is 143 Å². The zero-order valence-corrected chi connectivity index (χ0v) is 14.8. The second kappa shape index (κ2) is 5.67. The summed E-state index contributed by atoms with van der Waals surface area (Å²) in [5.74, 6) is 0. The largest absolute Gasteiger partial charge is 0.371 e. The predicted molar refractivity (Wildman–Crippen MR) is 96.4 cm³/mol. The molecular weight excluding hydrogens is 322 g/mol. The van der Waals surface area contributed by atoms with E-state index in [1.807, 2.05) is 29.0 Å². The standard InChI is InChI=1S/C17H23N5OS/c1-24(18,23)22-11-6-17(13-22)4-9-21(10-5-17)16-3-8-20-15-12-19-7-2-14(15)16/h2-3,7-8,12,18H,4-6,9-11,13H2,1H3. The Morgan fingerprint density at radius 2 is 1.92 bits per heavy atom. The molecule has 7 heteroatoms. The van der Waals surface area contributed by atoms with Crippen molar-refractivity contribution in [3.63, 3.8) is 0 Å². The minimum Gasteiger partial charge on any atom is -0.371 e. The van der Waals surface area contributed by atoms with Crippen LogP contribution in [-0.4, -0.2) is 50.9 Å². The van der Waals surface area contributed by atoms with Crippen molar-refractivity contribution < 1.29 is 4.21 Å². The summed E-state index contributed by atoms with van der Waals surface area (Å²) >= 11 is 0. The highest BCUT2D eigenvalue weighted by atomic mass is 32.2. The van der Waals surface area contributed by atoms with Crippen LogP contribution in [0.3, 0.4) is 0 Å². The quantitative estimate of drug-likeness (QED) is 0.908. The maximum atomic E-state index is 12.0. The van der Waals surface area contributed by atoms with Crippen molar-refractivity contribution in [2.45, 2.75) is 19.3 Å². The van der Waals surface area contributed by atoms with E-state index in [4.69, 9.17) is 4.78 Å². The topological polar surface area (TPSA) is 73.2 Å². The SMILES string of the molecule is CS(=N)(=O)N1CCC2(CCN(c3ccnc4cnccc34)CC2)C1. The van der Waals surface area contributed by atoms with E-state index in [-0.39, 0.29) is 5.41 Å². The molecule has 0 aliphatic carbocycles.